The highest BCUT2D eigenvalue weighted by Gasteiger charge is 2.20. The van der Waals surface area contributed by atoms with Gasteiger partial charge in [0.25, 0.3) is 6.01 Å². The number of hydrogen-bond donors (Lipinski definition) is 0. The van der Waals surface area contributed by atoms with Crippen molar-refractivity contribution >= 4 is 17.3 Å². The van der Waals surface area contributed by atoms with Crippen LogP contribution in [0.15, 0.2) is 48.5 Å². The Morgan fingerprint density at radius 1 is 1.04 bits per heavy atom. The fraction of sp³-hybridized carbons (Fsp3) is 0.333. The van der Waals surface area contributed by atoms with Crippen molar-refractivity contribution in [1.82, 2.24) is 9.55 Å². The van der Waals surface area contributed by atoms with Crippen molar-refractivity contribution in [3.8, 4) is 6.01 Å². The number of fused-ring (bicyclic) bond motifs is 1. The van der Waals surface area contributed by atoms with Gasteiger partial charge in [-0.15, -0.1) is 0 Å². The lowest BCUT2D eigenvalue weighted by Gasteiger charge is -2.23. The van der Waals surface area contributed by atoms with Crippen molar-refractivity contribution in [3.63, 3.8) is 0 Å². The average Bonchev–Trinajstić information content (AvgIpc) is 3.00. The summed E-state index contributed by atoms with van der Waals surface area (Å²) in [5, 5.41) is 0. The smallest absolute Gasteiger partial charge is 0.297 e. The van der Waals surface area contributed by atoms with Gasteiger partial charge in [0.2, 0.25) is 0 Å². The zero-order valence-electron chi connectivity index (χ0n) is 14.2. The fourth-order valence-electron chi connectivity index (χ4n) is 3.59. The van der Waals surface area contributed by atoms with Crippen LogP contribution < -0.4 is 4.74 Å². The molecule has 25 heavy (non-hydrogen) atoms. The topological polar surface area (TPSA) is 44.1 Å². The summed E-state index contributed by atoms with van der Waals surface area (Å²) in [6.07, 6.45) is 7.07. The van der Waals surface area contributed by atoms with Gasteiger partial charge in [-0.25, -0.2) is 0 Å². The van der Waals surface area contributed by atoms with E-state index in [-0.39, 0.29) is 6.10 Å². The number of nitrogens with zero attached hydrogens (tertiary/aromatic N) is 2. The molecule has 3 aromatic rings. The molecule has 0 unspecified atom stereocenters. The number of hydrogen-bond acceptors (Lipinski definition) is 3. The molecule has 1 aromatic heterocycles. The van der Waals surface area contributed by atoms with Gasteiger partial charge < -0.3 is 4.74 Å². The van der Waals surface area contributed by atoms with E-state index in [1.165, 1.54) is 19.3 Å². The maximum Gasteiger partial charge on any atom is 0.297 e. The van der Waals surface area contributed by atoms with Crippen LogP contribution in [-0.2, 0) is 6.54 Å². The molecule has 1 saturated carbocycles. The maximum absolute atomic E-state index is 11.4. The molecule has 1 fully saturated rings. The first-order chi connectivity index (χ1) is 12.3. The van der Waals surface area contributed by atoms with E-state index in [0.717, 1.165) is 35.7 Å². The van der Waals surface area contributed by atoms with Crippen molar-refractivity contribution in [2.24, 2.45) is 0 Å². The second-order valence-corrected chi connectivity index (χ2v) is 6.66. The van der Waals surface area contributed by atoms with Crippen LogP contribution in [0.2, 0.25) is 0 Å². The zero-order valence-corrected chi connectivity index (χ0v) is 14.2. The molecule has 0 saturated heterocycles. The lowest BCUT2D eigenvalue weighted by molar-refractivity contribution is 0.112. The van der Waals surface area contributed by atoms with E-state index in [1.54, 1.807) is 0 Å². The molecule has 2 aromatic carbocycles. The van der Waals surface area contributed by atoms with Crippen molar-refractivity contribution < 1.29 is 9.53 Å². The molecule has 0 N–H and O–H groups in total. The molecule has 1 aliphatic carbocycles. The zero-order chi connectivity index (χ0) is 17.1. The largest absolute Gasteiger partial charge is 0.461 e. The summed E-state index contributed by atoms with van der Waals surface area (Å²) >= 11 is 0. The predicted octanol–water partition coefficient (Wildman–Crippen LogP) is 4.61. The Morgan fingerprint density at radius 3 is 2.64 bits per heavy atom. The number of ether oxygens (including phenoxy) is 1. The standard InChI is InChI=1S/C21H22N2O2/c24-15-17-9-5-4-8-16(17)14-23-20-13-7-6-12-19(20)22-21(23)25-18-10-2-1-3-11-18/h4-9,12-13,15,18H,1-3,10-11,14H2. The van der Waals surface area contributed by atoms with Crippen molar-refractivity contribution in [1.29, 1.82) is 0 Å². The van der Waals surface area contributed by atoms with E-state index in [1.807, 2.05) is 42.5 Å². The Kier molecular flexibility index (Phi) is 4.51. The summed E-state index contributed by atoms with van der Waals surface area (Å²) in [4.78, 5) is 16.1. The molecule has 1 heterocycles. The summed E-state index contributed by atoms with van der Waals surface area (Å²) in [7, 11) is 0. The molecular weight excluding hydrogens is 312 g/mol. The van der Waals surface area contributed by atoms with Crippen LogP contribution in [0.5, 0.6) is 6.01 Å². The van der Waals surface area contributed by atoms with Gasteiger partial charge in [-0.1, -0.05) is 42.8 Å². The lowest BCUT2D eigenvalue weighted by atomic mass is 9.98. The van der Waals surface area contributed by atoms with Gasteiger partial charge in [-0.3, -0.25) is 9.36 Å². The number of benzene rings is 2. The van der Waals surface area contributed by atoms with Crippen LogP contribution in [-0.4, -0.2) is 21.9 Å². The van der Waals surface area contributed by atoms with Gasteiger partial charge in [-0.2, -0.15) is 4.98 Å². The number of aromatic nitrogens is 2. The third kappa shape index (κ3) is 3.29. The van der Waals surface area contributed by atoms with Crippen LogP contribution in [0.3, 0.4) is 0 Å². The summed E-state index contributed by atoms with van der Waals surface area (Å²) < 4.78 is 8.37. The summed E-state index contributed by atoms with van der Waals surface area (Å²) in [6, 6.07) is 16.4. The van der Waals surface area contributed by atoms with Gasteiger partial charge in [0, 0.05) is 5.56 Å². The Labute approximate surface area is 147 Å². The normalized spacial score (nSPS) is 15.4. The first-order valence-corrected chi connectivity index (χ1v) is 9.00. The van der Waals surface area contributed by atoms with Gasteiger partial charge in [0.05, 0.1) is 17.6 Å². The third-order valence-electron chi connectivity index (χ3n) is 4.95. The molecule has 0 spiro atoms. The highest BCUT2D eigenvalue weighted by molar-refractivity contribution is 5.79. The van der Waals surface area contributed by atoms with E-state index in [9.17, 15) is 4.79 Å². The summed E-state index contributed by atoms with van der Waals surface area (Å²) in [6.45, 7) is 0.581. The second-order valence-electron chi connectivity index (χ2n) is 6.66. The highest BCUT2D eigenvalue weighted by Crippen LogP contribution is 2.27. The van der Waals surface area contributed by atoms with Crippen LogP contribution in [0.25, 0.3) is 11.0 Å². The lowest BCUT2D eigenvalue weighted by Crippen LogP contribution is -2.21. The fourth-order valence-corrected chi connectivity index (χ4v) is 3.59. The van der Waals surface area contributed by atoms with E-state index >= 15 is 0 Å². The van der Waals surface area contributed by atoms with Crippen LogP contribution in [0.1, 0.15) is 48.0 Å². The van der Waals surface area contributed by atoms with Gasteiger partial charge >= 0.3 is 0 Å². The Morgan fingerprint density at radius 2 is 1.80 bits per heavy atom. The van der Waals surface area contributed by atoms with Crippen LogP contribution in [0, 0.1) is 0 Å². The quantitative estimate of drug-likeness (QED) is 0.640. The monoisotopic (exact) mass is 334 g/mol. The molecular formula is C21H22N2O2. The van der Waals surface area contributed by atoms with Gasteiger partial charge in [0.1, 0.15) is 12.4 Å². The molecule has 128 valence electrons. The number of para-hydroxylation sites is 2. The average molecular weight is 334 g/mol. The van der Waals surface area contributed by atoms with Crippen LogP contribution >= 0.6 is 0 Å². The number of imidazole rings is 1. The minimum Gasteiger partial charge on any atom is -0.461 e. The maximum atomic E-state index is 11.4. The molecule has 1 aliphatic rings. The molecule has 0 aliphatic heterocycles. The van der Waals surface area contributed by atoms with E-state index in [2.05, 4.69) is 10.6 Å². The molecule has 0 radical (unpaired) electrons. The second kappa shape index (κ2) is 7.09. The van der Waals surface area contributed by atoms with E-state index in [0.29, 0.717) is 18.1 Å². The SMILES string of the molecule is O=Cc1ccccc1Cn1c(OC2CCCCC2)nc2ccccc21. The highest BCUT2D eigenvalue weighted by atomic mass is 16.5. The Balaban J connectivity index is 1.72. The minimum atomic E-state index is 0.241. The van der Waals surface area contributed by atoms with Crippen molar-refractivity contribution in [2.75, 3.05) is 0 Å². The van der Waals surface area contributed by atoms with Crippen molar-refractivity contribution in [3.05, 3.63) is 59.7 Å². The first kappa shape index (κ1) is 15.9. The van der Waals surface area contributed by atoms with E-state index < -0.39 is 0 Å². The number of carbonyl (C=O) groups excluding carboxylic acids is 1. The summed E-state index contributed by atoms with van der Waals surface area (Å²) in [5.41, 5.74) is 3.66. The predicted molar refractivity (Wildman–Crippen MR) is 98.2 cm³/mol. The molecule has 0 bridgehead atoms. The number of aldehydes is 1. The minimum absolute atomic E-state index is 0.241. The molecule has 4 nitrogen and oxygen atoms in total. The molecule has 4 rings (SSSR count). The molecule has 0 amide bonds. The number of rotatable bonds is 5. The Hall–Kier alpha value is -2.62. The molecule has 4 heteroatoms. The van der Waals surface area contributed by atoms with Gasteiger partial charge in [-0.05, 0) is 43.4 Å². The molecule has 0 atom stereocenters. The Bertz CT molecular complexity index is 878. The van der Waals surface area contributed by atoms with Crippen LogP contribution in [0.4, 0.5) is 0 Å². The third-order valence-corrected chi connectivity index (χ3v) is 4.95. The first-order valence-electron chi connectivity index (χ1n) is 9.00. The van der Waals surface area contributed by atoms with Gasteiger partial charge in [0.15, 0.2) is 0 Å². The number of carbonyl (C=O) groups is 1. The summed E-state index contributed by atoms with van der Waals surface area (Å²) in [5.74, 6) is 0. The van der Waals surface area contributed by atoms with Crippen molar-refractivity contribution in [2.45, 2.75) is 44.8 Å². The van der Waals surface area contributed by atoms with E-state index in [4.69, 9.17) is 9.72 Å².